The number of nitrogens with zero attached hydrogens (tertiary/aromatic N) is 2. The van der Waals surface area contributed by atoms with Crippen molar-refractivity contribution in [1.29, 1.82) is 0 Å². The molecular weight excluding hydrogens is 216 g/mol. The molecule has 1 N–H and O–H groups in total. The van der Waals surface area contributed by atoms with Crippen molar-refractivity contribution in [1.82, 2.24) is 9.38 Å². The molecule has 0 atom stereocenters. The standard InChI is InChI=1S/C13H10N2O2/c1-8-4-13-14-6-9(7-16)15(13)12-5-10(17)2-3-11(8)12/h2-7,16H,1H3/b9-7-. The van der Waals surface area contributed by atoms with Gasteiger partial charge in [0.1, 0.15) is 17.3 Å². The van der Waals surface area contributed by atoms with Gasteiger partial charge in [0.2, 0.25) is 0 Å². The van der Waals surface area contributed by atoms with Gasteiger partial charge in [0.05, 0.1) is 11.7 Å². The summed E-state index contributed by atoms with van der Waals surface area (Å²) in [6.45, 7) is 1.98. The highest BCUT2D eigenvalue weighted by molar-refractivity contribution is 5.85. The van der Waals surface area contributed by atoms with Crippen molar-refractivity contribution in [3.05, 3.63) is 51.6 Å². The Labute approximate surface area is 96.4 Å². The first-order chi connectivity index (χ1) is 8.20. The number of rotatable bonds is 0. The zero-order chi connectivity index (χ0) is 12.0. The van der Waals surface area contributed by atoms with Crippen LogP contribution in [-0.2, 0) is 0 Å². The molecule has 1 aromatic carbocycles. The van der Waals surface area contributed by atoms with Crippen LogP contribution < -0.4 is 10.8 Å². The topological polar surface area (TPSA) is 54.6 Å². The summed E-state index contributed by atoms with van der Waals surface area (Å²) in [5, 5.41) is 10.7. The summed E-state index contributed by atoms with van der Waals surface area (Å²) < 4.78 is 1.77. The van der Waals surface area contributed by atoms with Crippen LogP contribution in [0.15, 0.2) is 35.3 Å². The third-order valence-corrected chi connectivity index (χ3v) is 2.93. The molecule has 0 aliphatic carbocycles. The molecule has 0 unspecified atom stereocenters. The van der Waals surface area contributed by atoms with Crippen molar-refractivity contribution >= 4 is 22.8 Å². The van der Waals surface area contributed by atoms with Crippen LogP contribution in [-0.4, -0.2) is 14.5 Å². The van der Waals surface area contributed by atoms with Crippen molar-refractivity contribution in [2.24, 2.45) is 0 Å². The molecule has 2 aromatic heterocycles. The molecule has 0 bridgehead atoms. The van der Waals surface area contributed by atoms with Gasteiger partial charge in [0, 0.05) is 11.5 Å². The van der Waals surface area contributed by atoms with E-state index in [2.05, 4.69) is 4.98 Å². The smallest absolute Gasteiger partial charge is 0.180 e. The summed E-state index contributed by atoms with van der Waals surface area (Å²) in [6, 6.07) is 6.83. The highest BCUT2D eigenvalue weighted by Crippen LogP contribution is 2.17. The lowest BCUT2D eigenvalue weighted by Crippen LogP contribution is -2.10. The zero-order valence-corrected chi connectivity index (χ0v) is 9.21. The molecule has 3 aromatic rings. The minimum absolute atomic E-state index is 0.0537. The Hall–Kier alpha value is -2.36. The fourth-order valence-corrected chi connectivity index (χ4v) is 2.14. The Morgan fingerprint density at radius 3 is 2.94 bits per heavy atom. The van der Waals surface area contributed by atoms with Crippen LogP contribution in [0.25, 0.3) is 22.8 Å². The lowest BCUT2D eigenvalue weighted by molar-refractivity contribution is 0.538. The van der Waals surface area contributed by atoms with Crippen molar-refractivity contribution in [3.8, 4) is 0 Å². The van der Waals surface area contributed by atoms with Crippen molar-refractivity contribution in [3.63, 3.8) is 0 Å². The fraction of sp³-hybridized carbons (Fsp3) is 0.0769. The third-order valence-electron chi connectivity index (χ3n) is 2.93. The first-order valence-electron chi connectivity index (χ1n) is 5.26. The summed E-state index contributed by atoms with van der Waals surface area (Å²) in [6.07, 6.45) is 2.57. The Bertz CT molecular complexity index is 834. The van der Waals surface area contributed by atoms with Gasteiger partial charge in [-0.05, 0) is 30.7 Å². The Balaban J connectivity index is 2.73. The molecule has 0 amide bonds. The van der Waals surface area contributed by atoms with Gasteiger partial charge in [-0.15, -0.1) is 0 Å². The maximum absolute atomic E-state index is 11.5. The van der Waals surface area contributed by atoms with Crippen LogP contribution in [0, 0.1) is 6.92 Å². The molecule has 0 saturated heterocycles. The maximum atomic E-state index is 11.5. The number of aromatic nitrogens is 2. The molecule has 0 aliphatic rings. The van der Waals surface area contributed by atoms with Gasteiger partial charge in [-0.3, -0.25) is 9.20 Å². The third kappa shape index (κ3) is 1.30. The lowest BCUT2D eigenvalue weighted by Gasteiger charge is -2.04. The number of aryl methyl sites for hydroxylation is 1. The van der Waals surface area contributed by atoms with Gasteiger partial charge in [-0.25, -0.2) is 4.98 Å². The SMILES string of the molecule is Cc1cc2nc/c(=C/O)n2c2cc(=O)ccc12. The molecule has 4 nitrogen and oxygen atoms in total. The normalized spacial score (nSPS) is 12.6. The van der Waals surface area contributed by atoms with Gasteiger partial charge in [-0.1, -0.05) is 0 Å². The monoisotopic (exact) mass is 226 g/mol. The van der Waals surface area contributed by atoms with E-state index in [1.54, 1.807) is 28.8 Å². The highest BCUT2D eigenvalue weighted by atomic mass is 16.2. The van der Waals surface area contributed by atoms with Gasteiger partial charge in [-0.2, -0.15) is 0 Å². The van der Waals surface area contributed by atoms with E-state index in [0.29, 0.717) is 5.35 Å². The predicted octanol–water partition coefficient (Wildman–Crippen LogP) is 1.17. The first-order valence-corrected chi connectivity index (χ1v) is 5.26. The second-order valence-electron chi connectivity index (χ2n) is 4.01. The van der Waals surface area contributed by atoms with Crippen molar-refractivity contribution in [2.75, 3.05) is 0 Å². The summed E-state index contributed by atoms with van der Waals surface area (Å²) in [4.78, 5) is 15.7. The summed E-state index contributed by atoms with van der Waals surface area (Å²) in [5.74, 6) is 0. The number of aliphatic hydroxyl groups is 1. The molecule has 0 saturated carbocycles. The van der Waals surface area contributed by atoms with E-state index in [1.807, 2.05) is 13.0 Å². The largest absolute Gasteiger partial charge is 0.513 e. The minimum Gasteiger partial charge on any atom is -0.513 e. The van der Waals surface area contributed by atoms with E-state index in [9.17, 15) is 4.79 Å². The van der Waals surface area contributed by atoms with E-state index in [-0.39, 0.29) is 5.43 Å². The molecular formula is C13H10N2O2. The Kier molecular flexibility index (Phi) is 1.92. The molecule has 0 fully saturated rings. The molecule has 2 heterocycles. The number of fused-ring (bicyclic) bond motifs is 3. The van der Waals surface area contributed by atoms with Crippen LogP contribution in [0.2, 0.25) is 0 Å². The molecule has 4 heteroatoms. The number of aliphatic hydroxyl groups excluding tert-OH is 1. The highest BCUT2D eigenvalue weighted by Gasteiger charge is 2.06. The molecule has 84 valence electrons. The minimum atomic E-state index is -0.0537. The summed E-state index contributed by atoms with van der Waals surface area (Å²) in [5.41, 5.74) is 2.50. The number of imidazole rings is 1. The van der Waals surface area contributed by atoms with E-state index < -0.39 is 0 Å². The number of hydrogen-bond donors (Lipinski definition) is 1. The quantitative estimate of drug-likeness (QED) is 0.626. The maximum Gasteiger partial charge on any atom is 0.180 e. The molecule has 0 spiro atoms. The van der Waals surface area contributed by atoms with E-state index in [1.165, 1.54) is 0 Å². The predicted molar refractivity (Wildman–Crippen MR) is 66.0 cm³/mol. The average molecular weight is 226 g/mol. The van der Waals surface area contributed by atoms with Gasteiger partial charge in [0.25, 0.3) is 0 Å². The number of benzene rings is 1. The van der Waals surface area contributed by atoms with Crippen molar-refractivity contribution in [2.45, 2.75) is 6.92 Å². The van der Waals surface area contributed by atoms with Gasteiger partial charge >= 0.3 is 0 Å². The fourth-order valence-electron chi connectivity index (χ4n) is 2.14. The van der Waals surface area contributed by atoms with E-state index >= 15 is 0 Å². The summed E-state index contributed by atoms with van der Waals surface area (Å²) >= 11 is 0. The van der Waals surface area contributed by atoms with Gasteiger partial charge in [0.15, 0.2) is 5.43 Å². The molecule has 3 rings (SSSR count). The average Bonchev–Trinajstić information content (AvgIpc) is 2.71. The van der Waals surface area contributed by atoms with Crippen LogP contribution >= 0.6 is 0 Å². The lowest BCUT2D eigenvalue weighted by atomic mass is 10.1. The molecule has 17 heavy (non-hydrogen) atoms. The summed E-state index contributed by atoms with van der Waals surface area (Å²) in [7, 11) is 0. The molecule has 0 radical (unpaired) electrons. The van der Waals surface area contributed by atoms with Crippen LogP contribution in [0.4, 0.5) is 0 Å². The van der Waals surface area contributed by atoms with E-state index in [0.717, 1.165) is 28.4 Å². The Morgan fingerprint density at radius 2 is 2.18 bits per heavy atom. The van der Waals surface area contributed by atoms with Crippen LogP contribution in [0.1, 0.15) is 5.56 Å². The first kappa shape index (κ1) is 9.84. The zero-order valence-electron chi connectivity index (χ0n) is 9.21. The van der Waals surface area contributed by atoms with Gasteiger partial charge < -0.3 is 5.11 Å². The second kappa shape index (κ2) is 3.31. The van der Waals surface area contributed by atoms with Crippen LogP contribution in [0.3, 0.4) is 0 Å². The Morgan fingerprint density at radius 1 is 1.35 bits per heavy atom. The second-order valence-corrected chi connectivity index (χ2v) is 4.01. The van der Waals surface area contributed by atoms with E-state index in [4.69, 9.17) is 5.11 Å². The number of hydrogen-bond acceptors (Lipinski definition) is 3. The molecule has 0 aliphatic heterocycles. The number of pyridine rings is 1. The van der Waals surface area contributed by atoms with Crippen molar-refractivity contribution < 1.29 is 5.11 Å². The van der Waals surface area contributed by atoms with Crippen LogP contribution in [0.5, 0.6) is 0 Å².